The number of benzene rings is 3. The Kier molecular flexibility index (Phi) is 23.6. The molecule has 446 valence electrons. The lowest BCUT2D eigenvalue weighted by atomic mass is 9.87. The van der Waals surface area contributed by atoms with Crippen molar-refractivity contribution in [2.24, 2.45) is 11.3 Å². The average Bonchev–Trinajstić information content (AvgIpc) is 3.65. The van der Waals surface area contributed by atoms with Gasteiger partial charge in [-0.2, -0.15) is 0 Å². The molecule has 1 unspecified atom stereocenters. The van der Waals surface area contributed by atoms with Crippen molar-refractivity contribution in [2.75, 3.05) is 74.8 Å². The normalized spacial score (nSPS) is 22.3. The van der Waals surface area contributed by atoms with Crippen LogP contribution in [0.25, 0.3) is 0 Å². The van der Waals surface area contributed by atoms with Gasteiger partial charge >= 0.3 is 11.9 Å². The number of esters is 2. The van der Waals surface area contributed by atoms with Crippen LogP contribution in [0.5, 0.6) is 17.2 Å². The quantitative estimate of drug-likeness (QED) is 0.203. The zero-order chi connectivity index (χ0) is 60.5. The first-order valence-electron chi connectivity index (χ1n) is 27.6. The van der Waals surface area contributed by atoms with Gasteiger partial charge in [0.1, 0.15) is 42.6 Å². The number of cyclic esters (lactones) is 2. The number of rotatable bonds is 9. The summed E-state index contributed by atoms with van der Waals surface area (Å²) < 4.78 is 34.8. The lowest BCUT2D eigenvalue weighted by Crippen LogP contribution is -2.58. The van der Waals surface area contributed by atoms with Crippen molar-refractivity contribution in [3.8, 4) is 17.2 Å². The Morgan fingerprint density at radius 3 is 2.13 bits per heavy atom. The molecule has 2 N–H and O–H groups in total. The van der Waals surface area contributed by atoms with Gasteiger partial charge in [0.05, 0.1) is 38.4 Å². The summed E-state index contributed by atoms with van der Waals surface area (Å²) in [6.07, 6.45) is 3.85. The van der Waals surface area contributed by atoms with Crippen LogP contribution in [0.2, 0.25) is 0 Å². The number of methoxy groups -OCH3 is 2. The molecular weight excluding hydrogens is 1060 g/mol. The van der Waals surface area contributed by atoms with Crippen LogP contribution in [-0.4, -0.2) is 171 Å². The first-order valence-corrected chi connectivity index (χ1v) is 27.6. The minimum Gasteiger partial charge on any atom is -0.493 e. The largest absolute Gasteiger partial charge is 0.493 e. The number of aryl methyl sites for hydroxylation is 1. The third-order valence-electron chi connectivity index (χ3n) is 14.2. The van der Waals surface area contributed by atoms with Crippen molar-refractivity contribution in [3.05, 3.63) is 102 Å². The van der Waals surface area contributed by atoms with Crippen LogP contribution in [0.3, 0.4) is 0 Å². The van der Waals surface area contributed by atoms with Gasteiger partial charge in [0.15, 0.2) is 18.1 Å². The molecule has 2 bridgehead atoms. The van der Waals surface area contributed by atoms with Gasteiger partial charge in [-0.3, -0.25) is 33.6 Å². The number of carbonyl (C=O) groups excluding carboxylic acids is 9. The molecule has 82 heavy (non-hydrogen) atoms. The Morgan fingerprint density at radius 1 is 0.768 bits per heavy atom. The maximum absolute atomic E-state index is 14.7. The van der Waals surface area contributed by atoms with E-state index in [1.54, 1.807) is 102 Å². The summed E-state index contributed by atoms with van der Waals surface area (Å²) in [4.78, 5) is 131. The highest BCUT2D eigenvalue weighted by molar-refractivity contribution is 6.38. The van der Waals surface area contributed by atoms with Gasteiger partial charge in [0, 0.05) is 40.3 Å². The number of amides is 6. The van der Waals surface area contributed by atoms with Gasteiger partial charge in [-0.15, -0.1) is 0 Å². The smallest absolute Gasteiger partial charge is 0.330 e. The van der Waals surface area contributed by atoms with Crippen LogP contribution in [0, 0.1) is 11.3 Å². The molecular formula is C61H82N6O15. The average molecular weight is 1140 g/mol. The molecule has 0 spiro atoms. The summed E-state index contributed by atoms with van der Waals surface area (Å²) in [6.45, 7) is 10.3. The number of piperidine rings is 1. The van der Waals surface area contributed by atoms with Gasteiger partial charge in [-0.25, -0.2) is 9.59 Å². The Labute approximate surface area is 481 Å². The number of fused-ring (bicyclic) bond motifs is 3. The first-order chi connectivity index (χ1) is 38.7. The van der Waals surface area contributed by atoms with E-state index in [9.17, 15) is 43.2 Å². The number of hydrogen-bond donors (Lipinski definition) is 2. The maximum atomic E-state index is 14.7. The molecule has 2 aliphatic rings. The highest BCUT2D eigenvalue weighted by atomic mass is 16.5. The van der Waals surface area contributed by atoms with Gasteiger partial charge in [-0.1, -0.05) is 68.5 Å². The second kappa shape index (κ2) is 29.8. The Morgan fingerprint density at radius 2 is 1.46 bits per heavy atom. The molecule has 21 nitrogen and oxygen atoms in total. The molecule has 5 rings (SSSR count). The molecule has 0 aliphatic carbocycles. The third kappa shape index (κ3) is 18.4. The number of carbonyl (C=O) groups is 9. The molecule has 21 heteroatoms. The van der Waals surface area contributed by atoms with Crippen LogP contribution >= 0.6 is 0 Å². The molecule has 0 radical (unpaired) electrons. The molecule has 2 aliphatic heterocycles. The first kappa shape index (κ1) is 65.0. The van der Waals surface area contributed by atoms with Crippen molar-refractivity contribution < 1.29 is 71.6 Å². The van der Waals surface area contributed by atoms with Crippen LogP contribution in [0.4, 0.5) is 0 Å². The van der Waals surface area contributed by atoms with Crippen molar-refractivity contribution in [1.82, 2.24) is 30.2 Å². The Bertz CT molecular complexity index is 2780. The van der Waals surface area contributed by atoms with E-state index in [0.29, 0.717) is 41.9 Å². The number of ether oxygens (including phenoxy) is 6. The Balaban J connectivity index is 1.48. The SMILES string of the molecule is COc1ccc(CC[C@H]2OC(=O)[C@@H]3CCCCN3C(=O)C(=O)C(C)(C)COC(=O)C=CCCN(C)C(=O)[C@H](C(C)C)NC(=O)[C@H](COC(C)(C)C)N(C)C(=O)C(c3ccccc3)NC(=O)CN(C)C(=O)COc3cccc2c3)cc1OC. The van der Waals surface area contributed by atoms with E-state index in [-0.39, 0.29) is 44.7 Å². The van der Waals surface area contributed by atoms with Crippen LogP contribution < -0.4 is 24.8 Å². The van der Waals surface area contributed by atoms with E-state index in [0.717, 1.165) is 16.5 Å². The molecule has 3 aromatic rings. The zero-order valence-corrected chi connectivity index (χ0v) is 49.4. The van der Waals surface area contributed by atoms with Gasteiger partial charge in [-0.05, 0) is 120 Å². The van der Waals surface area contributed by atoms with Crippen molar-refractivity contribution >= 4 is 53.2 Å². The van der Waals surface area contributed by atoms with E-state index in [2.05, 4.69) is 10.6 Å². The molecule has 3 aromatic carbocycles. The number of likely N-dealkylation sites (N-methyl/N-ethyl adjacent to an activating group) is 3. The molecule has 5 atom stereocenters. The number of ketones is 1. The molecule has 2 heterocycles. The summed E-state index contributed by atoms with van der Waals surface area (Å²) >= 11 is 0. The van der Waals surface area contributed by atoms with Crippen molar-refractivity contribution in [2.45, 2.75) is 123 Å². The van der Waals surface area contributed by atoms with Gasteiger partial charge < -0.3 is 58.7 Å². The number of Topliss-reactive ketones (excluding diaryl/α,β-unsaturated/α-hetero) is 1. The molecule has 1 fully saturated rings. The monoisotopic (exact) mass is 1140 g/mol. The molecule has 6 amide bonds. The van der Waals surface area contributed by atoms with E-state index >= 15 is 0 Å². The summed E-state index contributed by atoms with van der Waals surface area (Å²) in [7, 11) is 7.40. The maximum Gasteiger partial charge on any atom is 0.330 e. The summed E-state index contributed by atoms with van der Waals surface area (Å²) in [6, 6.07) is 15.6. The van der Waals surface area contributed by atoms with Gasteiger partial charge in [0.2, 0.25) is 29.4 Å². The minimum absolute atomic E-state index is 0.101. The molecule has 0 saturated carbocycles. The fourth-order valence-electron chi connectivity index (χ4n) is 9.16. The minimum atomic E-state index is -1.50. The summed E-state index contributed by atoms with van der Waals surface area (Å²) in [5.74, 6) is -5.63. The highest BCUT2D eigenvalue weighted by Crippen LogP contribution is 2.33. The van der Waals surface area contributed by atoms with E-state index in [1.165, 1.54) is 62.9 Å². The number of nitrogens with one attached hydrogen (secondary N) is 2. The lowest BCUT2D eigenvalue weighted by Gasteiger charge is -2.36. The summed E-state index contributed by atoms with van der Waals surface area (Å²) in [5.41, 5.74) is -0.536. The van der Waals surface area contributed by atoms with Crippen LogP contribution in [-0.2, 0) is 63.8 Å². The third-order valence-corrected chi connectivity index (χ3v) is 14.2. The molecule has 0 aromatic heterocycles. The predicted molar refractivity (Wildman–Crippen MR) is 303 cm³/mol. The fraction of sp³-hybridized carbons (Fsp3) is 0.525. The number of nitrogens with zero attached hydrogens (tertiary/aromatic N) is 4. The second-order valence-corrected chi connectivity index (χ2v) is 22.6. The van der Waals surface area contributed by atoms with E-state index < -0.39 is 120 Å². The zero-order valence-electron chi connectivity index (χ0n) is 49.4. The van der Waals surface area contributed by atoms with Crippen LogP contribution in [0.1, 0.15) is 109 Å². The fourth-order valence-corrected chi connectivity index (χ4v) is 9.16. The standard InChI is InChI=1S/C61H82N6O15/c1-39(2)52-56(73)64(8)31-18-17-26-51(70)80-38-61(6,7)54(71)58(75)67-32-19-16-25-44(67)59(76)82-46(29-27-40-28-30-47(77-11)48(33-40)78-12)42-23-20-24-43(34-42)79-37-50(69)65(9)35-49(68)62-53(41-21-14-13-15-22-41)57(74)66(10)45(55(72)63-52)36-81-60(3,4)5/h13-15,17,20-24,26,28,30,33-34,39,44-46,52-53H,16,18-19,25,27,29,31-32,35-38H2,1-12H3,(H,62,68)(H,63,72)/t44-,45-,46+,52-,53?/m0/s1. The van der Waals surface area contributed by atoms with E-state index in [1.807, 2.05) is 12.1 Å². The van der Waals surface area contributed by atoms with Crippen LogP contribution in [0.15, 0.2) is 84.9 Å². The topological polar surface area (TPSA) is 246 Å². The second-order valence-electron chi connectivity index (χ2n) is 22.6. The van der Waals surface area contributed by atoms with Crippen molar-refractivity contribution in [3.63, 3.8) is 0 Å². The Hall–Kier alpha value is -7.81. The number of hydrogen-bond acceptors (Lipinski definition) is 15. The predicted octanol–water partition coefficient (Wildman–Crippen LogP) is 5.34. The molecule has 1 saturated heterocycles. The van der Waals surface area contributed by atoms with Crippen molar-refractivity contribution in [1.29, 1.82) is 0 Å². The highest BCUT2D eigenvalue weighted by Gasteiger charge is 2.43. The van der Waals surface area contributed by atoms with E-state index in [4.69, 9.17) is 28.4 Å². The summed E-state index contributed by atoms with van der Waals surface area (Å²) in [5, 5.41) is 5.60. The van der Waals surface area contributed by atoms with Gasteiger partial charge in [0.25, 0.3) is 11.8 Å². The lowest BCUT2D eigenvalue weighted by molar-refractivity contribution is -0.165.